The van der Waals surface area contributed by atoms with Crippen LogP contribution < -0.4 is 11.1 Å². The molecule has 2 rings (SSSR count). The Morgan fingerprint density at radius 2 is 2.14 bits per heavy atom. The van der Waals surface area contributed by atoms with E-state index < -0.39 is 5.82 Å². The summed E-state index contributed by atoms with van der Waals surface area (Å²) in [5.74, 6) is -0.781. The summed E-state index contributed by atoms with van der Waals surface area (Å²) in [7, 11) is 0. The van der Waals surface area contributed by atoms with Crippen LogP contribution in [0.3, 0.4) is 0 Å². The van der Waals surface area contributed by atoms with Gasteiger partial charge in [0.2, 0.25) is 0 Å². The van der Waals surface area contributed by atoms with E-state index in [1.54, 1.807) is 30.3 Å². The average molecular weight is 373 g/mol. The molecule has 0 aliphatic carbocycles. The third-order valence-electron chi connectivity index (χ3n) is 2.86. The molecule has 0 atom stereocenters. The van der Waals surface area contributed by atoms with Crippen LogP contribution in [0.1, 0.15) is 11.1 Å². The molecule has 0 aromatic heterocycles. The Balaban J connectivity index is 2.18. The largest absolute Gasteiger partial charge is 0.409 e. The van der Waals surface area contributed by atoms with E-state index in [2.05, 4.69) is 26.4 Å². The second kappa shape index (κ2) is 6.78. The van der Waals surface area contributed by atoms with Crippen LogP contribution >= 0.6 is 27.5 Å². The number of rotatable bonds is 4. The molecule has 110 valence electrons. The Hall–Kier alpha value is -1.79. The summed E-state index contributed by atoms with van der Waals surface area (Å²) in [6, 6.07) is 10.0. The summed E-state index contributed by atoms with van der Waals surface area (Å²) in [5.41, 5.74) is 6.69. The first kappa shape index (κ1) is 15.6. The highest BCUT2D eigenvalue weighted by molar-refractivity contribution is 9.10. The van der Waals surface area contributed by atoms with Gasteiger partial charge in [-0.25, -0.2) is 4.39 Å². The lowest BCUT2D eigenvalue weighted by Gasteiger charge is -2.10. The van der Waals surface area contributed by atoms with Crippen LogP contribution in [0.5, 0.6) is 0 Å². The number of hydrogen-bond donors (Lipinski definition) is 3. The predicted molar refractivity (Wildman–Crippen MR) is 85.4 cm³/mol. The summed E-state index contributed by atoms with van der Waals surface area (Å²) in [6.07, 6.45) is 0. The number of oxime groups is 1. The fourth-order valence-corrected chi connectivity index (χ4v) is 2.27. The van der Waals surface area contributed by atoms with Crippen LogP contribution in [-0.4, -0.2) is 11.0 Å². The monoisotopic (exact) mass is 371 g/mol. The number of benzene rings is 2. The molecular weight excluding hydrogens is 361 g/mol. The number of amidine groups is 1. The van der Waals surface area contributed by atoms with Crippen LogP contribution in [0, 0.1) is 5.82 Å². The van der Waals surface area contributed by atoms with Crippen molar-refractivity contribution in [3.05, 3.63) is 62.8 Å². The molecular formula is C14H12BrClFN3O. The van der Waals surface area contributed by atoms with Crippen LogP contribution in [0.2, 0.25) is 5.02 Å². The number of nitrogens with one attached hydrogen (secondary N) is 1. The lowest BCUT2D eigenvalue weighted by Crippen LogP contribution is -2.16. The Kier molecular flexibility index (Phi) is 5.03. The van der Waals surface area contributed by atoms with Gasteiger partial charge in [0.05, 0.1) is 10.6 Å². The molecule has 21 heavy (non-hydrogen) atoms. The molecule has 0 heterocycles. The molecule has 4 nitrogen and oxygen atoms in total. The zero-order valence-electron chi connectivity index (χ0n) is 10.8. The van der Waals surface area contributed by atoms with Crippen molar-refractivity contribution in [1.29, 1.82) is 0 Å². The minimum Gasteiger partial charge on any atom is -0.409 e. The molecule has 2 aromatic carbocycles. The van der Waals surface area contributed by atoms with Gasteiger partial charge >= 0.3 is 0 Å². The average Bonchev–Trinajstić information content (AvgIpc) is 2.49. The van der Waals surface area contributed by atoms with E-state index in [4.69, 9.17) is 22.5 Å². The molecule has 7 heteroatoms. The predicted octanol–water partition coefficient (Wildman–Crippen LogP) is 3.95. The molecule has 0 saturated carbocycles. The second-order valence-corrected chi connectivity index (χ2v) is 5.51. The lowest BCUT2D eigenvalue weighted by atomic mass is 10.1. The molecule has 0 aliphatic rings. The number of nitrogens with zero attached hydrogens (tertiary/aromatic N) is 1. The van der Waals surface area contributed by atoms with Gasteiger partial charge in [-0.1, -0.05) is 28.9 Å². The zero-order chi connectivity index (χ0) is 15.4. The van der Waals surface area contributed by atoms with Crippen LogP contribution in [-0.2, 0) is 6.54 Å². The normalized spacial score (nSPS) is 11.5. The van der Waals surface area contributed by atoms with E-state index >= 15 is 0 Å². The maximum atomic E-state index is 14.2. The highest BCUT2D eigenvalue weighted by Gasteiger charge is 2.11. The van der Waals surface area contributed by atoms with Crippen molar-refractivity contribution in [3.8, 4) is 0 Å². The molecule has 0 fully saturated rings. The van der Waals surface area contributed by atoms with Crippen LogP contribution in [0.15, 0.2) is 46.0 Å². The second-order valence-electron chi connectivity index (χ2n) is 4.25. The Labute approximate surface area is 134 Å². The van der Waals surface area contributed by atoms with E-state index in [1.807, 2.05) is 0 Å². The molecule has 0 saturated heterocycles. The fourth-order valence-electron chi connectivity index (χ4n) is 1.77. The minimum atomic E-state index is -0.520. The number of nitrogens with two attached hydrogens (primary N) is 1. The van der Waals surface area contributed by atoms with E-state index in [-0.39, 0.29) is 17.9 Å². The van der Waals surface area contributed by atoms with Gasteiger partial charge in [-0.15, -0.1) is 0 Å². The van der Waals surface area contributed by atoms with Gasteiger partial charge in [-0.05, 0) is 40.2 Å². The first-order valence-corrected chi connectivity index (χ1v) is 7.14. The quantitative estimate of drug-likeness (QED) is 0.329. The van der Waals surface area contributed by atoms with Gasteiger partial charge in [0, 0.05) is 22.3 Å². The Bertz CT molecular complexity index is 694. The van der Waals surface area contributed by atoms with Gasteiger partial charge < -0.3 is 16.3 Å². The number of hydrogen-bond acceptors (Lipinski definition) is 3. The smallest absolute Gasteiger partial charge is 0.173 e. The van der Waals surface area contributed by atoms with E-state index in [0.717, 1.165) is 10.2 Å². The van der Waals surface area contributed by atoms with Gasteiger partial charge in [0.25, 0.3) is 0 Å². The van der Waals surface area contributed by atoms with Gasteiger partial charge in [-0.2, -0.15) is 0 Å². The third-order valence-corrected chi connectivity index (χ3v) is 4.08. The van der Waals surface area contributed by atoms with E-state index in [9.17, 15) is 4.39 Å². The topological polar surface area (TPSA) is 70.6 Å². The van der Waals surface area contributed by atoms with Crippen molar-refractivity contribution < 1.29 is 9.60 Å². The Morgan fingerprint density at radius 1 is 1.38 bits per heavy atom. The zero-order valence-corrected chi connectivity index (χ0v) is 13.1. The van der Waals surface area contributed by atoms with Crippen molar-refractivity contribution in [3.63, 3.8) is 0 Å². The van der Waals surface area contributed by atoms with E-state index in [1.165, 1.54) is 6.07 Å². The van der Waals surface area contributed by atoms with Crippen LogP contribution in [0.25, 0.3) is 0 Å². The maximum Gasteiger partial charge on any atom is 0.173 e. The summed E-state index contributed by atoms with van der Waals surface area (Å²) in [4.78, 5) is 0. The molecule has 2 aromatic rings. The Morgan fingerprint density at radius 3 is 2.81 bits per heavy atom. The fraction of sp³-hybridized carbons (Fsp3) is 0.0714. The molecule has 0 aliphatic heterocycles. The van der Waals surface area contributed by atoms with Gasteiger partial charge in [0.15, 0.2) is 5.84 Å². The SMILES string of the molecule is N/C(=N/O)c1cccc(CNc2ccc(Cl)c(Br)c2)c1F. The highest BCUT2D eigenvalue weighted by Crippen LogP contribution is 2.26. The lowest BCUT2D eigenvalue weighted by molar-refractivity contribution is 0.318. The summed E-state index contributed by atoms with van der Waals surface area (Å²) in [6.45, 7) is 0.256. The van der Waals surface area contributed by atoms with Crippen molar-refractivity contribution in [2.75, 3.05) is 5.32 Å². The van der Waals surface area contributed by atoms with Crippen molar-refractivity contribution in [2.24, 2.45) is 10.9 Å². The minimum absolute atomic E-state index is 0.0640. The number of anilines is 1. The van der Waals surface area contributed by atoms with Gasteiger partial charge in [0.1, 0.15) is 5.82 Å². The molecule has 0 bridgehead atoms. The molecule has 0 unspecified atom stereocenters. The van der Waals surface area contributed by atoms with Crippen molar-refractivity contribution in [2.45, 2.75) is 6.54 Å². The van der Waals surface area contributed by atoms with Gasteiger partial charge in [-0.3, -0.25) is 0 Å². The van der Waals surface area contributed by atoms with Crippen LogP contribution in [0.4, 0.5) is 10.1 Å². The molecule has 0 amide bonds. The van der Waals surface area contributed by atoms with Crippen molar-refractivity contribution in [1.82, 2.24) is 0 Å². The van der Waals surface area contributed by atoms with Crippen molar-refractivity contribution >= 4 is 39.1 Å². The standard InChI is InChI=1S/C14H12BrClFN3O/c15-11-6-9(4-5-12(11)16)19-7-8-2-1-3-10(13(8)17)14(18)20-21/h1-6,19,21H,7H2,(H2,18,20). The summed E-state index contributed by atoms with van der Waals surface area (Å²) in [5, 5.41) is 15.1. The first-order chi connectivity index (χ1) is 10.0. The summed E-state index contributed by atoms with van der Waals surface area (Å²) >= 11 is 9.23. The summed E-state index contributed by atoms with van der Waals surface area (Å²) < 4.78 is 15.0. The first-order valence-electron chi connectivity index (χ1n) is 5.97. The molecule has 0 spiro atoms. The molecule has 4 N–H and O–H groups in total. The van der Waals surface area contributed by atoms with E-state index in [0.29, 0.717) is 10.6 Å². The maximum absolute atomic E-state index is 14.2. The number of halogens is 3. The highest BCUT2D eigenvalue weighted by atomic mass is 79.9. The third kappa shape index (κ3) is 3.65. The molecule has 0 radical (unpaired) electrons.